The third-order valence-electron chi connectivity index (χ3n) is 3.17. The van der Waals surface area contributed by atoms with Crippen LogP contribution in [-0.4, -0.2) is 16.5 Å². The quantitative estimate of drug-likeness (QED) is 0.929. The molecule has 0 aliphatic rings. The number of ether oxygens (including phenoxy) is 1. The molecule has 1 aromatic carbocycles. The van der Waals surface area contributed by atoms with Crippen LogP contribution in [0, 0.1) is 32.1 Å². The molecule has 0 unspecified atom stereocenters. The minimum atomic E-state index is 0.525. The molecule has 0 amide bonds. The SMILES string of the molecule is CCNc1ncnc(Oc2c(C)cc(C#N)cc2C)c1C. The van der Waals surface area contributed by atoms with Gasteiger partial charge in [-0.05, 0) is 51.0 Å². The average molecular weight is 282 g/mol. The van der Waals surface area contributed by atoms with E-state index in [9.17, 15) is 0 Å². The van der Waals surface area contributed by atoms with Gasteiger partial charge in [-0.1, -0.05) is 0 Å². The molecule has 1 heterocycles. The third kappa shape index (κ3) is 3.11. The second-order valence-electron chi connectivity index (χ2n) is 4.84. The van der Waals surface area contributed by atoms with E-state index in [4.69, 9.17) is 10.00 Å². The zero-order valence-corrected chi connectivity index (χ0v) is 12.7. The van der Waals surface area contributed by atoms with Crippen molar-refractivity contribution in [2.75, 3.05) is 11.9 Å². The molecule has 1 aromatic heterocycles. The summed E-state index contributed by atoms with van der Waals surface area (Å²) in [4.78, 5) is 8.40. The number of nitrogens with zero attached hydrogens (tertiary/aromatic N) is 3. The normalized spacial score (nSPS) is 10.0. The molecule has 0 aliphatic carbocycles. The van der Waals surface area contributed by atoms with Gasteiger partial charge in [0.15, 0.2) is 0 Å². The topological polar surface area (TPSA) is 70.8 Å². The first kappa shape index (κ1) is 14.8. The average Bonchev–Trinajstić information content (AvgIpc) is 2.46. The fourth-order valence-corrected chi connectivity index (χ4v) is 2.16. The number of hydrogen-bond acceptors (Lipinski definition) is 5. The van der Waals surface area contributed by atoms with Gasteiger partial charge in [0.05, 0.1) is 17.2 Å². The lowest BCUT2D eigenvalue weighted by molar-refractivity contribution is 0.451. The summed E-state index contributed by atoms with van der Waals surface area (Å²) in [6, 6.07) is 5.76. The Hall–Kier alpha value is -2.61. The molecule has 21 heavy (non-hydrogen) atoms. The maximum absolute atomic E-state index is 8.99. The molecule has 0 spiro atoms. The highest BCUT2D eigenvalue weighted by atomic mass is 16.5. The first-order valence-electron chi connectivity index (χ1n) is 6.81. The van der Waals surface area contributed by atoms with Crippen LogP contribution in [0.25, 0.3) is 0 Å². The second-order valence-corrected chi connectivity index (χ2v) is 4.84. The number of benzene rings is 1. The van der Waals surface area contributed by atoms with Gasteiger partial charge in [0.2, 0.25) is 5.88 Å². The molecular weight excluding hydrogens is 264 g/mol. The van der Waals surface area contributed by atoms with Gasteiger partial charge in [-0.15, -0.1) is 0 Å². The summed E-state index contributed by atoms with van der Waals surface area (Å²) in [5.41, 5.74) is 3.32. The number of aryl methyl sites for hydroxylation is 2. The molecule has 0 saturated carbocycles. The summed E-state index contributed by atoms with van der Waals surface area (Å²) in [6.45, 7) is 8.56. The van der Waals surface area contributed by atoms with Crippen LogP contribution in [0.2, 0.25) is 0 Å². The molecule has 1 N–H and O–H groups in total. The van der Waals surface area contributed by atoms with Crippen LogP contribution in [0.4, 0.5) is 5.82 Å². The zero-order valence-electron chi connectivity index (χ0n) is 12.7. The van der Waals surface area contributed by atoms with Gasteiger partial charge < -0.3 is 10.1 Å². The van der Waals surface area contributed by atoms with Crippen molar-refractivity contribution in [1.82, 2.24) is 9.97 Å². The molecule has 0 aliphatic heterocycles. The van der Waals surface area contributed by atoms with Gasteiger partial charge in [0.25, 0.3) is 0 Å². The summed E-state index contributed by atoms with van der Waals surface area (Å²) in [6.07, 6.45) is 1.48. The first-order valence-corrected chi connectivity index (χ1v) is 6.81. The highest BCUT2D eigenvalue weighted by Crippen LogP contribution is 2.31. The molecule has 5 heteroatoms. The maximum Gasteiger partial charge on any atom is 0.227 e. The van der Waals surface area contributed by atoms with Crippen molar-refractivity contribution in [2.45, 2.75) is 27.7 Å². The minimum Gasteiger partial charge on any atom is -0.438 e. The predicted octanol–water partition coefficient (Wildman–Crippen LogP) is 3.50. The van der Waals surface area contributed by atoms with Crippen molar-refractivity contribution in [2.24, 2.45) is 0 Å². The monoisotopic (exact) mass is 282 g/mol. The minimum absolute atomic E-state index is 0.525. The van der Waals surface area contributed by atoms with Gasteiger partial charge in [-0.2, -0.15) is 5.26 Å². The lowest BCUT2D eigenvalue weighted by Crippen LogP contribution is -2.04. The molecule has 0 radical (unpaired) electrons. The lowest BCUT2D eigenvalue weighted by Gasteiger charge is -2.14. The molecular formula is C16H18N4O. The maximum atomic E-state index is 8.99. The summed E-state index contributed by atoms with van der Waals surface area (Å²) < 4.78 is 5.96. The van der Waals surface area contributed by atoms with Gasteiger partial charge in [-0.3, -0.25) is 0 Å². The van der Waals surface area contributed by atoms with Crippen LogP contribution in [0.3, 0.4) is 0 Å². The van der Waals surface area contributed by atoms with E-state index >= 15 is 0 Å². The van der Waals surface area contributed by atoms with Gasteiger partial charge >= 0.3 is 0 Å². The molecule has 0 bridgehead atoms. The summed E-state index contributed by atoms with van der Waals surface area (Å²) in [5, 5.41) is 12.2. The molecule has 0 atom stereocenters. The van der Waals surface area contributed by atoms with Crippen molar-refractivity contribution in [3.8, 4) is 17.7 Å². The number of anilines is 1. The fourth-order valence-electron chi connectivity index (χ4n) is 2.16. The molecule has 108 valence electrons. The van der Waals surface area contributed by atoms with Crippen LogP contribution in [0.5, 0.6) is 11.6 Å². The molecule has 0 fully saturated rings. The lowest BCUT2D eigenvalue weighted by atomic mass is 10.1. The van der Waals surface area contributed by atoms with Crippen molar-refractivity contribution in [1.29, 1.82) is 5.26 Å². The Morgan fingerprint density at radius 2 is 1.86 bits per heavy atom. The predicted molar refractivity (Wildman–Crippen MR) is 81.6 cm³/mol. The summed E-state index contributed by atoms with van der Waals surface area (Å²) in [5.74, 6) is 2.03. The Bertz CT molecular complexity index is 681. The van der Waals surface area contributed by atoms with E-state index in [0.717, 1.165) is 34.8 Å². The molecule has 2 aromatic rings. The van der Waals surface area contributed by atoms with Crippen LogP contribution >= 0.6 is 0 Å². The van der Waals surface area contributed by atoms with E-state index in [1.54, 1.807) is 0 Å². The number of nitrogens with one attached hydrogen (secondary N) is 1. The molecule has 0 saturated heterocycles. The number of hydrogen-bond donors (Lipinski definition) is 1. The van der Waals surface area contributed by atoms with Crippen LogP contribution in [-0.2, 0) is 0 Å². The number of nitriles is 1. The first-order chi connectivity index (χ1) is 10.1. The Labute approximate surface area is 124 Å². The highest BCUT2D eigenvalue weighted by molar-refractivity contribution is 5.52. The van der Waals surface area contributed by atoms with Crippen molar-refractivity contribution < 1.29 is 4.74 Å². The Morgan fingerprint density at radius 1 is 1.19 bits per heavy atom. The molecule has 2 rings (SSSR count). The smallest absolute Gasteiger partial charge is 0.227 e. The van der Waals surface area contributed by atoms with E-state index < -0.39 is 0 Å². The van der Waals surface area contributed by atoms with Gasteiger partial charge in [0, 0.05) is 6.54 Å². The van der Waals surface area contributed by atoms with E-state index in [1.165, 1.54) is 6.33 Å². The van der Waals surface area contributed by atoms with Crippen LogP contribution < -0.4 is 10.1 Å². The van der Waals surface area contributed by atoms with Gasteiger partial charge in [-0.25, -0.2) is 9.97 Å². The van der Waals surface area contributed by atoms with Crippen LogP contribution in [0.1, 0.15) is 29.2 Å². The number of rotatable bonds is 4. The number of aromatic nitrogens is 2. The fraction of sp³-hybridized carbons (Fsp3) is 0.312. The Balaban J connectivity index is 2.39. The van der Waals surface area contributed by atoms with Gasteiger partial charge in [0.1, 0.15) is 17.9 Å². The standard InChI is InChI=1S/C16H18N4O/c1-5-18-15-12(4)16(20-9-19-15)21-14-10(2)6-13(8-17)7-11(14)3/h6-7,9H,5H2,1-4H3,(H,18,19,20). The van der Waals surface area contributed by atoms with E-state index in [-0.39, 0.29) is 0 Å². The Morgan fingerprint density at radius 3 is 2.43 bits per heavy atom. The summed E-state index contributed by atoms with van der Waals surface area (Å²) >= 11 is 0. The van der Waals surface area contributed by atoms with Crippen LogP contribution in [0.15, 0.2) is 18.5 Å². The van der Waals surface area contributed by atoms with Crippen molar-refractivity contribution >= 4 is 5.82 Å². The second kappa shape index (κ2) is 6.23. The van der Waals surface area contributed by atoms with E-state index in [0.29, 0.717) is 11.4 Å². The Kier molecular flexibility index (Phi) is 4.39. The zero-order chi connectivity index (χ0) is 15.4. The van der Waals surface area contributed by atoms with E-state index in [2.05, 4.69) is 21.4 Å². The third-order valence-corrected chi connectivity index (χ3v) is 3.17. The van der Waals surface area contributed by atoms with E-state index in [1.807, 2.05) is 39.8 Å². The van der Waals surface area contributed by atoms with Crippen molar-refractivity contribution in [3.63, 3.8) is 0 Å². The molecule has 5 nitrogen and oxygen atoms in total. The highest BCUT2D eigenvalue weighted by Gasteiger charge is 2.12. The summed E-state index contributed by atoms with van der Waals surface area (Å²) in [7, 11) is 0. The van der Waals surface area contributed by atoms with Crippen molar-refractivity contribution in [3.05, 3.63) is 40.7 Å². The largest absolute Gasteiger partial charge is 0.438 e.